The Morgan fingerprint density at radius 1 is 1.47 bits per heavy atom. The van der Waals surface area contributed by atoms with Gasteiger partial charge in [-0.3, -0.25) is 4.90 Å². The van der Waals surface area contributed by atoms with Gasteiger partial charge in [-0.15, -0.1) is 0 Å². The Morgan fingerprint density at radius 3 is 3.00 bits per heavy atom. The molecule has 4 heteroatoms. The molecule has 0 bridgehead atoms. The molecule has 90 valence electrons. The standard InChI is InChI=1S/C13H17N3O/c1-16(10-3-2-4-10)8-13-15-11-6-5-9(14)7-12(11)17-13/h5-7,10H,2-4,8,14H2,1H3. The zero-order chi connectivity index (χ0) is 11.8. The van der Waals surface area contributed by atoms with E-state index in [0.717, 1.165) is 23.5 Å². The minimum Gasteiger partial charge on any atom is -0.439 e. The molecule has 1 fully saturated rings. The first-order valence-electron chi connectivity index (χ1n) is 6.07. The van der Waals surface area contributed by atoms with E-state index in [0.29, 0.717) is 11.7 Å². The summed E-state index contributed by atoms with van der Waals surface area (Å²) in [5.41, 5.74) is 8.10. The smallest absolute Gasteiger partial charge is 0.209 e. The number of nitrogens with zero attached hydrogens (tertiary/aromatic N) is 2. The molecule has 0 atom stereocenters. The number of hydrogen-bond acceptors (Lipinski definition) is 4. The van der Waals surface area contributed by atoms with E-state index in [-0.39, 0.29) is 0 Å². The van der Waals surface area contributed by atoms with E-state index in [2.05, 4.69) is 16.9 Å². The van der Waals surface area contributed by atoms with Gasteiger partial charge in [0.2, 0.25) is 5.89 Å². The molecular weight excluding hydrogens is 214 g/mol. The third-order valence-corrected chi connectivity index (χ3v) is 3.54. The second kappa shape index (κ2) is 4.04. The summed E-state index contributed by atoms with van der Waals surface area (Å²) < 4.78 is 5.71. The molecule has 1 aromatic carbocycles. The lowest BCUT2D eigenvalue weighted by atomic mass is 9.92. The topological polar surface area (TPSA) is 55.3 Å². The van der Waals surface area contributed by atoms with Crippen LogP contribution in [0.3, 0.4) is 0 Å². The van der Waals surface area contributed by atoms with Gasteiger partial charge in [0.15, 0.2) is 5.58 Å². The van der Waals surface area contributed by atoms with Crippen molar-refractivity contribution in [2.75, 3.05) is 12.8 Å². The van der Waals surface area contributed by atoms with Gasteiger partial charge in [-0.25, -0.2) is 4.98 Å². The molecule has 0 radical (unpaired) electrons. The minimum absolute atomic E-state index is 0.704. The SMILES string of the molecule is CN(Cc1nc2ccc(N)cc2o1)C1CCC1. The second-order valence-electron chi connectivity index (χ2n) is 4.83. The highest BCUT2D eigenvalue weighted by atomic mass is 16.3. The molecule has 0 unspecified atom stereocenters. The van der Waals surface area contributed by atoms with Crippen molar-refractivity contribution < 1.29 is 4.42 Å². The van der Waals surface area contributed by atoms with Crippen molar-refractivity contribution in [3.8, 4) is 0 Å². The predicted molar refractivity (Wildman–Crippen MR) is 67.5 cm³/mol. The molecule has 3 rings (SSSR count). The number of nitrogens with two attached hydrogens (primary N) is 1. The number of fused-ring (bicyclic) bond motifs is 1. The first-order chi connectivity index (χ1) is 8.22. The first-order valence-corrected chi connectivity index (χ1v) is 6.07. The fourth-order valence-electron chi connectivity index (χ4n) is 2.23. The van der Waals surface area contributed by atoms with Crippen molar-refractivity contribution in [2.45, 2.75) is 31.8 Å². The molecule has 2 N–H and O–H groups in total. The van der Waals surface area contributed by atoms with Gasteiger partial charge in [0.25, 0.3) is 0 Å². The van der Waals surface area contributed by atoms with Gasteiger partial charge >= 0.3 is 0 Å². The zero-order valence-corrected chi connectivity index (χ0v) is 10.0. The summed E-state index contributed by atoms with van der Waals surface area (Å²) in [6.07, 6.45) is 3.94. The second-order valence-corrected chi connectivity index (χ2v) is 4.83. The summed E-state index contributed by atoms with van der Waals surface area (Å²) in [6, 6.07) is 6.29. The molecule has 4 nitrogen and oxygen atoms in total. The van der Waals surface area contributed by atoms with Crippen LogP contribution < -0.4 is 5.73 Å². The highest BCUT2D eigenvalue weighted by Gasteiger charge is 2.23. The first kappa shape index (κ1) is 10.6. The zero-order valence-electron chi connectivity index (χ0n) is 10.0. The third-order valence-electron chi connectivity index (χ3n) is 3.54. The van der Waals surface area contributed by atoms with Gasteiger partial charge in [0.05, 0.1) is 6.54 Å². The summed E-state index contributed by atoms with van der Waals surface area (Å²) >= 11 is 0. The van der Waals surface area contributed by atoms with Crippen LogP contribution in [0.25, 0.3) is 11.1 Å². The minimum atomic E-state index is 0.704. The molecule has 0 aliphatic heterocycles. The fraction of sp³-hybridized carbons (Fsp3) is 0.462. The Hall–Kier alpha value is -1.55. The van der Waals surface area contributed by atoms with Crippen LogP contribution in [0.5, 0.6) is 0 Å². The van der Waals surface area contributed by atoms with Crippen LogP contribution in [0, 0.1) is 0 Å². The third kappa shape index (κ3) is 2.00. The molecule has 2 aromatic rings. The lowest BCUT2D eigenvalue weighted by molar-refractivity contribution is 0.141. The number of nitrogen functional groups attached to an aromatic ring is 1. The van der Waals surface area contributed by atoms with E-state index in [1.54, 1.807) is 0 Å². The van der Waals surface area contributed by atoms with Crippen molar-refractivity contribution >= 4 is 16.8 Å². The normalized spacial score (nSPS) is 16.6. The Bertz CT molecular complexity index is 530. The average Bonchev–Trinajstić information content (AvgIpc) is 2.55. The van der Waals surface area contributed by atoms with E-state index >= 15 is 0 Å². The van der Waals surface area contributed by atoms with Crippen LogP contribution in [0.1, 0.15) is 25.2 Å². The van der Waals surface area contributed by atoms with Gasteiger partial charge < -0.3 is 10.2 Å². The number of hydrogen-bond donors (Lipinski definition) is 1. The maximum absolute atomic E-state index is 5.72. The quantitative estimate of drug-likeness (QED) is 0.824. The molecule has 17 heavy (non-hydrogen) atoms. The average molecular weight is 231 g/mol. The van der Waals surface area contributed by atoms with Crippen LogP contribution in [0.15, 0.2) is 22.6 Å². The highest BCUT2D eigenvalue weighted by molar-refractivity contribution is 5.76. The van der Waals surface area contributed by atoms with Crippen molar-refractivity contribution in [2.24, 2.45) is 0 Å². The van der Waals surface area contributed by atoms with E-state index in [1.165, 1.54) is 19.3 Å². The van der Waals surface area contributed by atoms with Gasteiger partial charge in [-0.05, 0) is 32.0 Å². The summed E-state index contributed by atoms with van der Waals surface area (Å²) in [7, 11) is 2.13. The van der Waals surface area contributed by atoms with Gasteiger partial charge in [0, 0.05) is 17.8 Å². The van der Waals surface area contributed by atoms with Crippen molar-refractivity contribution in [3.05, 3.63) is 24.1 Å². The number of anilines is 1. The van der Waals surface area contributed by atoms with E-state index in [1.807, 2.05) is 18.2 Å². The van der Waals surface area contributed by atoms with Crippen LogP contribution in [-0.2, 0) is 6.54 Å². The Kier molecular flexibility index (Phi) is 2.52. The lowest BCUT2D eigenvalue weighted by Gasteiger charge is -2.33. The van der Waals surface area contributed by atoms with Crippen molar-refractivity contribution in [1.82, 2.24) is 9.88 Å². The van der Waals surface area contributed by atoms with Gasteiger partial charge in [-0.2, -0.15) is 0 Å². The molecule has 1 saturated carbocycles. The monoisotopic (exact) mass is 231 g/mol. The molecule has 0 saturated heterocycles. The summed E-state index contributed by atoms with van der Waals surface area (Å²) in [4.78, 5) is 6.79. The Labute approximate surface area is 100 Å². The maximum atomic E-state index is 5.72. The molecule has 1 aliphatic carbocycles. The van der Waals surface area contributed by atoms with Crippen LogP contribution in [-0.4, -0.2) is 23.0 Å². The van der Waals surface area contributed by atoms with Crippen molar-refractivity contribution in [3.63, 3.8) is 0 Å². The Morgan fingerprint density at radius 2 is 2.29 bits per heavy atom. The predicted octanol–water partition coefficient (Wildman–Crippen LogP) is 2.39. The number of aromatic nitrogens is 1. The molecule has 0 spiro atoms. The molecule has 1 heterocycles. The highest BCUT2D eigenvalue weighted by Crippen LogP contribution is 2.25. The van der Waals surface area contributed by atoms with Crippen LogP contribution in [0.2, 0.25) is 0 Å². The fourth-order valence-corrected chi connectivity index (χ4v) is 2.23. The summed E-state index contributed by atoms with van der Waals surface area (Å²) in [5.74, 6) is 0.778. The molecule has 0 amide bonds. The Balaban J connectivity index is 1.80. The van der Waals surface area contributed by atoms with E-state index < -0.39 is 0 Å². The largest absolute Gasteiger partial charge is 0.439 e. The van der Waals surface area contributed by atoms with Crippen molar-refractivity contribution in [1.29, 1.82) is 0 Å². The maximum Gasteiger partial charge on any atom is 0.209 e. The van der Waals surface area contributed by atoms with Crippen LogP contribution in [0.4, 0.5) is 5.69 Å². The number of oxazole rings is 1. The molecule has 1 aliphatic rings. The number of benzene rings is 1. The molecular formula is C13H17N3O. The number of rotatable bonds is 3. The molecule has 1 aromatic heterocycles. The summed E-state index contributed by atoms with van der Waals surface area (Å²) in [5, 5.41) is 0. The van der Waals surface area contributed by atoms with E-state index in [9.17, 15) is 0 Å². The van der Waals surface area contributed by atoms with E-state index in [4.69, 9.17) is 10.2 Å². The van der Waals surface area contributed by atoms with Gasteiger partial charge in [-0.1, -0.05) is 6.42 Å². The van der Waals surface area contributed by atoms with Gasteiger partial charge in [0.1, 0.15) is 5.52 Å². The lowest BCUT2D eigenvalue weighted by Crippen LogP contribution is -2.36. The summed E-state index contributed by atoms with van der Waals surface area (Å²) in [6.45, 7) is 0.777. The van der Waals surface area contributed by atoms with Crippen LogP contribution >= 0.6 is 0 Å².